The number of nitrogens with zero attached hydrogens (tertiary/aromatic N) is 5. The lowest BCUT2D eigenvalue weighted by molar-refractivity contribution is -0.192. The number of morpholine rings is 1. The van der Waals surface area contributed by atoms with Crippen molar-refractivity contribution in [1.29, 1.82) is 0 Å². The van der Waals surface area contributed by atoms with Gasteiger partial charge in [-0.2, -0.15) is 13.2 Å². The number of carbonyl (C=O) groups excluding carboxylic acids is 1. The van der Waals surface area contributed by atoms with E-state index in [1.54, 1.807) is 31.4 Å². The minimum absolute atomic E-state index is 0.0890. The monoisotopic (exact) mass is 449 g/mol. The highest BCUT2D eigenvalue weighted by atomic mass is 19.4. The highest BCUT2D eigenvalue weighted by Crippen LogP contribution is 2.24. The number of likely N-dealkylation sites (N-methyl/N-ethyl adjacent to an activating group) is 1. The van der Waals surface area contributed by atoms with Crippen LogP contribution in [0.1, 0.15) is 0 Å². The number of ether oxygens (including phenoxy) is 2. The van der Waals surface area contributed by atoms with Crippen molar-refractivity contribution in [2.24, 2.45) is 0 Å². The van der Waals surface area contributed by atoms with Crippen LogP contribution in [0.2, 0.25) is 0 Å². The molecule has 1 unspecified atom stereocenters. The number of hydrogen-bond acceptors (Lipinski definition) is 8. The van der Waals surface area contributed by atoms with Crippen molar-refractivity contribution in [3.05, 3.63) is 18.5 Å². The molecule has 1 N–H and O–H groups in total. The molecule has 0 aliphatic carbocycles. The van der Waals surface area contributed by atoms with Crippen molar-refractivity contribution in [2.75, 3.05) is 71.5 Å². The average Bonchev–Trinajstić information content (AvgIpc) is 2.90. The van der Waals surface area contributed by atoms with Crippen molar-refractivity contribution in [1.82, 2.24) is 19.8 Å². The first-order valence-corrected chi connectivity index (χ1v) is 9.49. The standard InChI is InChI=1S/C16H25N5O3.C2HF3O2/c1-19(2)14(22)10-20-6-8-23-13-16(11-20)12-21(7-9-24-16)15-17-4-3-5-18-15;3-2(4,5)1(6)7/h3-5H,6-13H2,1-2H3;(H,6,7). The number of carboxylic acid groups (broad SMARTS) is 1. The molecule has 10 nitrogen and oxygen atoms in total. The summed E-state index contributed by atoms with van der Waals surface area (Å²) in [7, 11) is 3.55. The Hall–Kier alpha value is -2.51. The molecule has 3 heterocycles. The average molecular weight is 449 g/mol. The van der Waals surface area contributed by atoms with Gasteiger partial charge in [0.15, 0.2) is 0 Å². The number of anilines is 1. The second kappa shape index (κ2) is 10.7. The second-order valence-electron chi connectivity index (χ2n) is 7.36. The summed E-state index contributed by atoms with van der Waals surface area (Å²) in [4.78, 5) is 35.5. The van der Waals surface area contributed by atoms with E-state index < -0.39 is 17.7 Å². The predicted octanol–water partition coefficient (Wildman–Crippen LogP) is 0.106. The van der Waals surface area contributed by atoms with Crippen LogP contribution in [0.25, 0.3) is 0 Å². The zero-order valence-corrected chi connectivity index (χ0v) is 17.3. The van der Waals surface area contributed by atoms with Crippen LogP contribution in [0.4, 0.5) is 19.1 Å². The van der Waals surface area contributed by atoms with Crippen molar-refractivity contribution in [3.63, 3.8) is 0 Å². The van der Waals surface area contributed by atoms with E-state index >= 15 is 0 Å². The van der Waals surface area contributed by atoms with Crippen LogP contribution in [-0.2, 0) is 19.1 Å². The third kappa shape index (κ3) is 7.60. The van der Waals surface area contributed by atoms with Crippen molar-refractivity contribution >= 4 is 17.8 Å². The number of rotatable bonds is 3. The first-order chi connectivity index (χ1) is 14.5. The number of carboxylic acids is 1. The number of aromatic nitrogens is 2. The second-order valence-corrected chi connectivity index (χ2v) is 7.36. The Morgan fingerprint density at radius 1 is 1.19 bits per heavy atom. The smallest absolute Gasteiger partial charge is 0.475 e. The Morgan fingerprint density at radius 3 is 2.42 bits per heavy atom. The van der Waals surface area contributed by atoms with Gasteiger partial charge in [0, 0.05) is 46.1 Å². The Balaban J connectivity index is 0.000000423. The normalized spacial score (nSPS) is 22.3. The Labute approximate surface area is 177 Å². The molecule has 31 heavy (non-hydrogen) atoms. The predicted molar refractivity (Wildman–Crippen MR) is 103 cm³/mol. The van der Waals surface area contributed by atoms with Crippen LogP contribution in [-0.4, -0.2) is 115 Å². The number of carbonyl (C=O) groups is 2. The quantitative estimate of drug-likeness (QED) is 0.688. The molecule has 0 saturated carbocycles. The lowest BCUT2D eigenvalue weighted by Crippen LogP contribution is -2.59. The molecule has 0 bridgehead atoms. The van der Waals surface area contributed by atoms with Gasteiger partial charge in [-0.25, -0.2) is 14.8 Å². The molecular weight excluding hydrogens is 423 g/mol. The van der Waals surface area contributed by atoms with Gasteiger partial charge in [-0.15, -0.1) is 0 Å². The van der Waals surface area contributed by atoms with Gasteiger partial charge in [-0.3, -0.25) is 9.69 Å². The van der Waals surface area contributed by atoms with E-state index in [-0.39, 0.29) is 5.91 Å². The minimum atomic E-state index is -5.08. The highest BCUT2D eigenvalue weighted by Gasteiger charge is 2.41. The van der Waals surface area contributed by atoms with Gasteiger partial charge in [0.1, 0.15) is 5.60 Å². The maximum atomic E-state index is 12.1. The lowest BCUT2D eigenvalue weighted by Gasteiger charge is -2.43. The molecule has 1 amide bonds. The molecule has 0 radical (unpaired) electrons. The molecule has 1 aromatic heterocycles. The molecule has 1 spiro atoms. The molecule has 1 atom stereocenters. The topological polar surface area (TPSA) is 108 Å². The van der Waals surface area contributed by atoms with Crippen molar-refractivity contribution in [2.45, 2.75) is 11.8 Å². The molecule has 1 aromatic rings. The van der Waals surface area contributed by atoms with Gasteiger partial charge in [-0.05, 0) is 6.07 Å². The summed E-state index contributed by atoms with van der Waals surface area (Å²) in [5, 5.41) is 7.12. The van der Waals surface area contributed by atoms with Crippen molar-refractivity contribution in [3.8, 4) is 0 Å². The summed E-state index contributed by atoms with van der Waals surface area (Å²) < 4.78 is 43.6. The maximum Gasteiger partial charge on any atom is 0.490 e. The summed E-state index contributed by atoms with van der Waals surface area (Å²) in [6.07, 6.45) is -1.59. The van der Waals surface area contributed by atoms with E-state index in [9.17, 15) is 18.0 Å². The SMILES string of the molecule is CN(C)C(=O)CN1CCOCC2(C1)CN(c1ncccn1)CCO2.O=C(O)C(F)(F)F. The molecule has 2 aliphatic rings. The van der Waals surface area contributed by atoms with E-state index in [2.05, 4.69) is 19.8 Å². The fourth-order valence-electron chi connectivity index (χ4n) is 3.10. The summed E-state index contributed by atoms with van der Waals surface area (Å²) in [5.41, 5.74) is -0.458. The largest absolute Gasteiger partial charge is 0.490 e. The van der Waals surface area contributed by atoms with Gasteiger partial charge < -0.3 is 24.4 Å². The van der Waals surface area contributed by atoms with Crippen LogP contribution < -0.4 is 4.90 Å². The summed E-state index contributed by atoms with van der Waals surface area (Å²) in [6.45, 7) is 4.89. The van der Waals surface area contributed by atoms with Crippen LogP contribution in [0.5, 0.6) is 0 Å². The van der Waals surface area contributed by atoms with E-state index in [0.717, 1.165) is 13.1 Å². The van der Waals surface area contributed by atoms with Crippen LogP contribution in [0.15, 0.2) is 18.5 Å². The number of amides is 1. The molecule has 2 saturated heterocycles. The van der Waals surface area contributed by atoms with E-state index in [4.69, 9.17) is 19.4 Å². The zero-order valence-electron chi connectivity index (χ0n) is 17.3. The highest BCUT2D eigenvalue weighted by molar-refractivity contribution is 5.77. The third-order valence-corrected chi connectivity index (χ3v) is 4.61. The summed E-state index contributed by atoms with van der Waals surface area (Å²) in [6, 6.07) is 1.81. The van der Waals surface area contributed by atoms with Crippen LogP contribution in [0, 0.1) is 0 Å². The molecule has 174 valence electrons. The number of hydrogen-bond donors (Lipinski definition) is 1. The van der Waals surface area contributed by atoms with E-state index in [0.29, 0.717) is 45.4 Å². The van der Waals surface area contributed by atoms with Gasteiger partial charge in [0.2, 0.25) is 11.9 Å². The van der Waals surface area contributed by atoms with Gasteiger partial charge in [0.25, 0.3) is 0 Å². The molecule has 2 aliphatic heterocycles. The Bertz CT molecular complexity index is 737. The Morgan fingerprint density at radius 2 is 1.84 bits per heavy atom. The Kier molecular flexibility index (Phi) is 8.53. The molecule has 3 rings (SSSR count). The fourth-order valence-corrected chi connectivity index (χ4v) is 3.10. The molecule has 2 fully saturated rings. The first kappa shape index (κ1) is 24.8. The van der Waals surface area contributed by atoms with Crippen LogP contribution in [0.3, 0.4) is 0 Å². The zero-order chi connectivity index (χ0) is 23.1. The number of alkyl halides is 3. The molecule has 0 aromatic carbocycles. The fraction of sp³-hybridized carbons (Fsp3) is 0.667. The van der Waals surface area contributed by atoms with Gasteiger partial charge in [0.05, 0.1) is 32.9 Å². The first-order valence-electron chi connectivity index (χ1n) is 9.49. The van der Waals surface area contributed by atoms with E-state index in [1.165, 1.54) is 0 Å². The van der Waals surface area contributed by atoms with Gasteiger partial charge >= 0.3 is 12.1 Å². The van der Waals surface area contributed by atoms with Gasteiger partial charge in [-0.1, -0.05) is 0 Å². The molecular formula is C18H26F3N5O5. The number of aliphatic carboxylic acids is 1. The minimum Gasteiger partial charge on any atom is -0.475 e. The third-order valence-electron chi connectivity index (χ3n) is 4.61. The van der Waals surface area contributed by atoms with Crippen molar-refractivity contribution < 1.29 is 37.3 Å². The maximum absolute atomic E-state index is 12.1. The van der Waals surface area contributed by atoms with Crippen LogP contribution >= 0.6 is 0 Å². The number of halogens is 3. The van der Waals surface area contributed by atoms with E-state index in [1.807, 2.05) is 6.07 Å². The lowest BCUT2D eigenvalue weighted by atomic mass is 10.0. The summed E-state index contributed by atoms with van der Waals surface area (Å²) >= 11 is 0. The molecule has 13 heteroatoms. The summed E-state index contributed by atoms with van der Waals surface area (Å²) in [5.74, 6) is -1.96.